The maximum atomic E-state index is 13.4. The van der Waals surface area contributed by atoms with Gasteiger partial charge in [0.15, 0.2) is 0 Å². The second kappa shape index (κ2) is 5.77. The molecule has 1 rings (SSSR count). The first-order valence-corrected chi connectivity index (χ1v) is 5.49. The van der Waals surface area contributed by atoms with Crippen LogP contribution in [0.4, 0.5) is 4.39 Å². The number of amides is 1. The standard InChI is InChI=1S/C12H13ClFNO2/c1-8(16)12(17)15(2)6-5-9-7-10(13)3-4-11(9)14/h3-4,7H,5-6H2,1-2H3. The number of benzene rings is 1. The van der Waals surface area contributed by atoms with Crippen molar-refractivity contribution in [2.45, 2.75) is 13.3 Å². The lowest BCUT2D eigenvalue weighted by atomic mass is 10.1. The van der Waals surface area contributed by atoms with E-state index >= 15 is 0 Å². The molecule has 5 heteroatoms. The molecule has 1 amide bonds. The second-order valence-corrected chi connectivity index (χ2v) is 4.21. The number of halogens is 2. The topological polar surface area (TPSA) is 37.4 Å². The van der Waals surface area contributed by atoms with E-state index in [1.165, 1.54) is 37.1 Å². The van der Waals surface area contributed by atoms with Gasteiger partial charge in [-0.3, -0.25) is 9.59 Å². The summed E-state index contributed by atoms with van der Waals surface area (Å²) in [4.78, 5) is 23.4. The van der Waals surface area contributed by atoms with Gasteiger partial charge < -0.3 is 4.90 Å². The van der Waals surface area contributed by atoms with Crippen LogP contribution in [0.2, 0.25) is 5.02 Å². The minimum Gasteiger partial charge on any atom is -0.339 e. The summed E-state index contributed by atoms with van der Waals surface area (Å²) in [6, 6.07) is 4.26. The normalized spacial score (nSPS) is 10.1. The van der Waals surface area contributed by atoms with E-state index in [9.17, 15) is 14.0 Å². The van der Waals surface area contributed by atoms with Gasteiger partial charge in [0, 0.05) is 25.5 Å². The van der Waals surface area contributed by atoms with Gasteiger partial charge in [-0.05, 0) is 30.2 Å². The van der Waals surface area contributed by atoms with Crippen LogP contribution in [-0.4, -0.2) is 30.2 Å². The zero-order chi connectivity index (χ0) is 13.0. The van der Waals surface area contributed by atoms with Crippen molar-refractivity contribution in [2.24, 2.45) is 0 Å². The molecule has 0 aliphatic carbocycles. The molecular weight excluding hydrogens is 245 g/mol. The molecular formula is C12H13ClFNO2. The third kappa shape index (κ3) is 3.82. The molecule has 1 aromatic rings. The lowest BCUT2D eigenvalue weighted by molar-refractivity contribution is -0.142. The Balaban J connectivity index is 2.64. The fourth-order valence-electron chi connectivity index (χ4n) is 1.39. The van der Waals surface area contributed by atoms with Gasteiger partial charge in [-0.15, -0.1) is 0 Å². The zero-order valence-corrected chi connectivity index (χ0v) is 10.4. The van der Waals surface area contributed by atoms with Gasteiger partial charge in [0.05, 0.1) is 0 Å². The lowest BCUT2D eigenvalue weighted by Gasteiger charge is -2.15. The average Bonchev–Trinajstić information content (AvgIpc) is 2.28. The van der Waals surface area contributed by atoms with E-state index in [1.54, 1.807) is 0 Å². The number of carbonyl (C=O) groups is 2. The summed E-state index contributed by atoms with van der Waals surface area (Å²) in [5.74, 6) is -1.47. The van der Waals surface area contributed by atoms with Crippen LogP contribution in [0.15, 0.2) is 18.2 Å². The van der Waals surface area contributed by atoms with Gasteiger partial charge in [0.2, 0.25) is 5.78 Å². The smallest absolute Gasteiger partial charge is 0.289 e. The quantitative estimate of drug-likeness (QED) is 0.775. The van der Waals surface area contributed by atoms with Gasteiger partial charge in [-0.2, -0.15) is 0 Å². The average molecular weight is 258 g/mol. The minimum atomic E-state index is -0.576. The molecule has 92 valence electrons. The molecule has 0 aliphatic rings. The summed E-state index contributed by atoms with van der Waals surface area (Å²) >= 11 is 5.74. The molecule has 0 unspecified atom stereocenters. The molecule has 0 N–H and O–H groups in total. The molecule has 0 heterocycles. The molecule has 0 spiro atoms. The van der Waals surface area contributed by atoms with Crippen molar-refractivity contribution in [1.82, 2.24) is 4.90 Å². The predicted octanol–water partition coefficient (Wildman–Crippen LogP) is 2.07. The molecule has 0 aromatic heterocycles. The molecule has 1 aromatic carbocycles. The lowest BCUT2D eigenvalue weighted by Crippen LogP contribution is -2.33. The van der Waals surface area contributed by atoms with Crippen molar-refractivity contribution in [2.75, 3.05) is 13.6 Å². The van der Waals surface area contributed by atoms with E-state index < -0.39 is 11.7 Å². The van der Waals surface area contributed by atoms with Crippen LogP contribution in [-0.2, 0) is 16.0 Å². The van der Waals surface area contributed by atoms with Crippen LogP contribution in [0.3, 0.4) is 0 Å². The van der Waals surface area contributed by atoms with E-state index in [0.717, 1.165) is 0 Å². The summed E-state index contributed by atoms with van der Waals surface area (Å²) in [6.07, 6.45) is 0.321. The van der Waals surface area contributed by atoms with E-state index in [1.807, 2.05) is 0 Å². The Morgan fingerprint density at radius 1 is 1.41 bits per heavy atom. The highest BCUT2D eigenvalue weighted by Crippen LogP contribution is 2.15. The van der Waals surface area contributed by atoms with Crippen molar-refractivity contribution >= 4 is 23.3 Å². The number of ketones is 1. The molecule has 0 aliphatic heterocycles. The number of rotatable bonds is 4. The Morgan fingerprint density at radius 3 is 2.65 bits per heavy atom. The van der Waals surface area contributed by atoms with Gasteiger partial charge in [-0.25, -0.2) is 4.39 Å². The van der Waals surface area contributed by atoms with Gasteiger partial charge in [0.25, 0.3) is 5.91 Å². The molecule has 0 saturated heterocycles. The van der Waals surface area contributed by atoms with E-state index in [2.05, 4.69) is 0 Å². The van der Waals surface area contributed by atoms with Crippen LogP contribution in [0.1, 0.15) is 12.5 Å². The Kier molecular flexibility index (Phi) is 4.63. The first kappa shape index (κ1) is 13.6. The Labute approximate surface area is 104 Å². The van der Waals surface area contributed by atoms with Crippen LogP contribution >= 0.6 is 11.6 Å². The second-order valence-electron chi connectivity index (χ2n) is 3.77. The fraction of sp³-hybridized carbons (Fsp3) is 0.333. The van der Waals surface area contributed by atoms with Crippen molar-refractivity contribution in [3.63, 3.8) is 0 Å². The molecule has 17 heavy (non-hydrogen) atoms. The Morgan fingerprint density at radius 2 is 2.06 bits per heavy atom. The molecule has 0 radical (unpaired) electrons. The van der Waals surface area contributed by atoms with E-state index in [0.29, 0.717) is 17.0 Å². The monoisotopic (exact) mass is 257 g/mol. The number of nitrogens with zero attached hydrogens (tertiary/aromatic N) is 1. The first-order chi connectivity index (χ1) is 7.91. The maximum absolute atomic E-state index is 13.4. The minimum absolute atomic E-state index is 0.273. The van der Waals surface area contributed by atoms with Crippen LogP contribution in [0.5, 0.6) is 0 Å². The van der Waals surface area contributed by atoms with Crippen LogP contribution in [0.25, 0.3) is 0 Å². The summed E-state index contributed by atoms with van der Waals surface area (Å²) < 4.78 is 13.4. The van der Waals surface area contributed by atoms with E-state index in [4.69, 9.17) is 11.6 Å². The Bertz CT molecular complexity index is 448. The van der Waals surface area contributed by atoms with Crippen molar-refractivity contribution in [3.8, 4) is 0 Å². The summed E-state index contributed by atoms with van der Waals surface area (Å²) in [7, 11) is 1.51. The molecule has 3 nitrogen and oxygen atoms in total. The summed E-state index contributed by atoms with van der Waals surface area (Å²) in [5, 5.41) is 0.446. The number of likely N-dealkylation sites (N-methyl/N-ethyl adjacent to an activating group) is 1. The van der Waals surface area contributed by atoms with Crippen LogP contribution in [0, 0.1) is 5.82 Å². The Hall–Kier alpha value is -1.42. The molecule has 0 atom stereocenters. The number of hydrogen-bond acceptors (Lipinski definition) is 2. The molecule has 0 bridgehead atoms. The highest BCUT2D eigenvalue weighted by Gasteiger charge is 2.14. The summed E-state index contributed by atoms with van der Waals surface area (Å²) in [5.41, 5.74) is 0.431. The van der Waals surface area contributed by atoms with E-state index in [-0.39, 0.29) is 12.4 Å². The van der Waals surface area contributed by atoms with Crippen LogP contribution < -0.4 is 0 Å². The third-order valence-corrected chi connectivity index (χ3v) is 2.61. The first-order valence-electron chi connectivity index (χ1n) is 5.11. The summed E-state index contributed by atoms with van der Waals surface area (Å²) in [6.45, 7) is 1.48. The fourth-order valence-corrected chi connectivity index (χ4v) is 1.59. The van der Waals surface area contributed by atoms with Gasteiger partial charge in [-0.1, -0.05) is 11.6 Å². The number of Topliss-reactive ketones (excluding diaryl/α,β-unsaturated/α-hetero) is 1. The highest BCUT2D eigenvalue weighted by molar-refractivity contribution is 6.35. The third-order valence-electron chi connectivity index (χ3n) is 2.37. The zero-order valence-electron chi connectivity index (χ0n) is 9.67. The maximum Gasteiger partial charge on any atom is 0.289 e. The highest BCUT2D eigenvalue weighted by atomic mass is 35.5. The molecule has 0 saturated carbocycles. The van der Waals surface area contributed by atoms with Crippen molar-refractivity contribution in [3.05, 3.63) is 34.6 Å². The largest absolute Gasteiger partial charge is 0.339 e. The van der Waals surface area contributed by atoms with Gasteiger partial charge >= 0.3 is 0 Å². The van der Waals surface area contributed by atoms with Crippen molar-refractivity contribution in [1.29, 1.82) is 0 Å². The number of carbonyl (C=O) groups excluding carboxylic acids is 2. The van der Waals surface area contributed by atoms with Gasteiger partial charge in [0.1, 0.15) is 5.82 Å². The van der Waals surface area contributed by atoms with Crippen molar-refractivity contribution < 1.29 is 14.0 Å². The predicted molar refractivity (Wildman–Crippen MR) is 63.4 cm³/mol. The number of hydrogen-bond donors (Lipinski definition) is 0. The SMILES string of the molecule is CC(=O)C(=O)N(C)CCc1cc(Cl)ccc1F. The molecule has 0 fully saturated rings.